The van der Waals surface area contributed by atoms with Crippen LogP contribution in [0.3, 0.4) is 0 Å². The highest BCUT2D eigenvalue weighted by atomic mass is 32.1. The van der Waals surface area contributed by atoms with Crippen LogP contribution in [-0.2, 0) is 4.74 Å². The van der Waals surface area contributed by atoms with Crippen molar-refractivity contribution in [2.75, 3.05) is 51.4 Å². The van der Waals surface area contributed by atoms with Crippen molar-refractivity contribution in [1.82, 2.24) is 34.7 Å². The number of rotatable bonds is 7. The van der Waals surface area contributed by atoms with Gasteiger partial charge in [0.05, 0.1) is 24.2 Å². The summed E-state index contributed by atoms with van der Waals surface area (Å²) in [6.07, 6.45) is 5.87. The number of hydrogen-bond acceptors (Lipinski definition) is 9. The number of H-pyrrole nitrogens is 1. The minimum absolute atomic E-state index is 0.242. The lowest BCUT2D eigenvalue weighted by molar-refractivity contribution is 0.0500. The van der Waals surface area contributed by atoms with Crippen molar-refractivity contribution in [1.29, 1.82) is 0 Å². The van der Waals surface area contributed by atoms with E-state index in [1.807, 2.05) is 12.3 Å². The van der Waals surface area contributed by atoms with Crippen molar-refractivity contribution in [3.05, 3.63) is 29.8 Å². The molecule has 39 heavy (non-hydrogen) atoms. The van der Waals surface area contributed by atoms with Crippen molar-refractivity contribution in [3.8, 4) is 27.7 Å². The Morgan fingerprint density at radius 1 is 1.23 bits per heavy atom. The minimum atomic E-state index is 0.242. The molecule has 6 rings (SSSR count). The van der Waals surface area contributed by atoms with Gasteiger partial charge in [-0.2, -0.15) is 10.2 Å². The maximum Gasteiger partial charge on any atom is 0.197 e. The number of pyridine rings is 1. The Morgan fingerprint density at radius 2 is 2.05 bits per heavy atom. The normalized spacial score (nSPS) is 19.4. The molecule has 11 heteroatoms. The molecule has 4 aromatic heterocycles. The number of hydrogen-bond donors (Lipinski definition) is 1. The summed E-state index contributed by atoms with van der Waals surface area (Å²) in [4.78, 5) is 14.6. The van der Waals surface area contributed by atoms with Crippen LogP contribution in [0, 0.1) is 12.8 Å². The average Bonchev–Trinajstić information content (AvgIpc) is 3.67. The average molecular weight is 551 g/mol. The molecule has 0 aliphatic carbocycles. The zero-order valence-electron chi connectivity index (χ0n) is 23.5. The lowest BCUT2D eigenvalue weighted by atomic mass is 9.97. The third-order valence-electron chi connectivity index (χ3n) is 8.03. The van der Waals surface area contributed by atoms with Crippen molar-refractivity contribution in [2.24, 2.45) is 5.92 Å². The van der Waals surface area contributed by atoms with Crippen molar-refractivity contribution < 1.29 is 9.47 Å². The summed E-state index contributed by atoms with van der Waals surface area (Å²) in [6, 6.07) is 2.42. The molecule has 2 aliphatic heterocycles. The van der Waals surface area contributed by atoms with Gasteiger partial charge in [0.25, 0.3) is 0 Å². The zero-order valence-corrected chi connectivity index (χ0v) is 24.3. The van der Waals surface area contributed by atoms with Gasteiger partial charge in [-0.25, -0.2) is 14.5 Å². The number of anilines is 1. The summed E-state index contributed by atoms with van der Waals surface area (Å²) in [6.45, 7) is 15.1. The molecule has 2 aliphatic rings. The van der Waals surface area contributed by atoms with Gasteiger partial charge in [-0.05, 0) is 44.6 Å². The molecule has 2 saturated heterocycles. The van der Waals surface area contributed by atoms with Gasteiger partial charge in [0.2, 0.25) is 0 Å². The van der Waals surface area contributed by atoms with Crippen LogP contribution in [0.4, 0.5) is 5.00 Å². The lowest BCUT2D eigenvalue weighted by Gasteiger charge is -2.42. The highest BCUT2D eigenvalue weighted by molar-refractivity contribution is 7.19. The molecule has 0 unspecified atom stereocenters. The summed E-state index contributed by atoms with van der Waals surface area (Å²) in [7, 11) is 1.65. The monoisotopic (exact) mass is 550 g/mol. The highest BCUT2D eigenvalue weighted by Gasteiger charge is 2.30. The van der Waals surface area contributed by atoms with Gasteiger partial charge in [-0.1, -0.05) is 25.2 Å². The molecule has 6 heterocycles. The Balaban J connectivity index is 1.26. The predicted molar refractivity (Wildman–Crippen MR) is 154 cm³/mol. The SMILES string of the molecule is COc1cc(-c2n[nH]c(-c3nc(C)c(N4CCN(CC5CCOCC5)C[C@H]4C)s3)c2C(C)C)cn2ncnc12. The predicted octanol–water partition coefficient (Wildman–Crippen LogP) is 4.62. The number of piperazine rings is 1. The van der Waals surface area contributed by atoms with Gasteiger partial charge in [-0.15, -0.1) is 0 Å². The van der Waals surface area contributed by atoms with Crippen LogP contribution < -0.4 is 9.64 Å². The van der Waals surface area contributed by atoms with Crippen LogP contribution in [0.25, 0.3) is 27.6 Å². The molecule has 0 saturated carbocycles. The molecule has 0 spiro atoms. The maximum absolute atomic E-state index is 5.60. The molecular formula is C28H38N8O2S. The molecule has 1 atom stereocenters. The number of methoxy groups -OCH3 is 1. The fourth-order valence-corrected chi connectivity index (χ4v) is 7.23. The first-order valence-corrected chi connectivity index (χ1v) is 14.7. The topological polar surface area (TPSA) is 96.7 Å². The molecule has 0 radical (unpaired) electrons. The van der Waals surface area contributed by atoms with Crippen LogP contribution in [0.5, 0.6) is 5.75 Å². The summed E-state index contributed by atoms with van der Waals surface area (Å²) >= 11 is 1.77. The van der Waals surface area contributed by atoms with Crippen molar-refractivity contribution >= 4 is 22.0 Å². The molecule has 0 bridgehead atoms. The first-order valence-electron chi connectivity index (χ1n) is 13.9. The second-order valence-corrected chi connectivity index (χ2v) is 12.1. The molecule has 0 amide bonds. The standard InChI is InChI=1S/C28H38N8O2S/c1-17(2)23-24(21-12-22(37-5)26-29-16-30-36(26)15-21)32-33-25(23)27-31-19(4)28(39-27)35-9-8-34(13-18(35)3)14-20-6-10-38-11-7-20/h12,15-18,20H,6-11,13-14H2,1-5H3,(H,32,33)/t18-/m1/s1. The minimum Gasteiger partial charge on any atom is -0.493 e. The third kappa shape index (κ3) is 5.03. The number of ether oxygens (including phenoxy) is 2. The molecule has 4 aromatic rings. The third-order valence-corrected chi connectivity index (χ3v) is 9.24. The Bertz CT molecular complexity index is 1440. The summed E-state index contributed by atoms with van der Waals surface area (Å²) in [5, 5.41) is 14.7. The molecule has 1 N–H and O–H groups in total. The van der Waals surface area contributed by atoms with E-state index < -0.39 is 0 Å². The first kappa shape index (κ1) is 26.2. The second-order valence-electron chi connectivity index (χ2n) is 11.1. The van der Waals surface area contributed by atoms with E-state index in [-0.39, 0.29) is 5.92 Å². The lowest BCUT2D eigenvalue weighted by Crippen LogP contribution is -2.53. The number of fused-ring (bicyclic) bond motifs is 1. The van der Waals surface area contributed by atoms with Crippen LogP contribution in [0.2, 0.25) is 0 Å². The van der Waals surface area contributed by atoms with E-state index in [1.165, 1.54) is 30.7 Å². The van der Waals surface area contributed by atoms with E-state index in [0.717, 1.165) is 72.0 Å². The first-order chi connectivity index (χ1) is 18.9. The second kappa shape index (κ2) is 10.9. The smallest absolute Gasteiger partial charge is 0.197 e. The fraction of sp³-hybridized carbons (Fsp3) is 0.571. The van der Waals surface area contributed by atoms with E-state index in [0.29, 0.717) is 17.4 Å². The molecule has 0 aromatic carbocycles. The quantitative estimate of drug-likeness (QED) is 0.356. The summed E-state index contributed by atoms with van der Waals surface area (Å²) in [5.74, 6) is 1.68. The largest absolute Gasteiger partial charge is 0.493 e. The molecule has 10 nitrogen and oxygen atoms in total. The van der Waals surface area contributed by atoms with Gasteiger partial charge < -0.3 is 14.4 Å². The Hall–Kier alpha value is -3.02. The summed E-state index contributed by atoms with van der Waals surface area (Å²) in [5.41, 5.74) is 5.72. The zero-order chi connectivity index (χ0) is 27.1. The van der Waals surface area contributed by atoms with Crippen LogP contribution >= 0.6 is 11.3 Å². The molecular weight excluding hydrogens is 512 g/mol. The van der Waals surface area contributed by atoms with E-state index in [4.69, 9.17) is 19.6 Å². The Morgan fingerprint density at radius 3 is 2.79 bits per heavy atom. The number of aromatic amines is 1. The summed E-state index contributed by atoms with van der Waals surface area (Å²) < 4.78 is 12.9. The van der Waals surface area contributed by atoms with Gasteiger partial charge in [0, 0.05) is 62.8 Å². The van der Waals surface area contributed by atoms with E-state index in [1.54, 1.807) is 23.0 Å². The van der Waals surface area contributed by atoms with Crippen LogP contribution in [0.1, 0.15) is 50.8 Å². The number of aromatic nitrogens is 6. The van der Waals surface area contributed by atoms with Gasteiger partial charge >= 0.3 is 0 Å². The van der Waals surface area contributed by atoms with E-state index >= 15 is 0 Å². The van der Waals surface area contributed by atoms with E-state index in [9.17, 15) is 0 Å². The van der Waals surface area contributed by atoms with Gasteiger partial charge in [0.15, 0.2) is 11.4 Å². The fourth-order valence-electron chi connectivity index (χ4n) is 6.03. The van der Waals surface area contributed by atoms with Crippen molar-refractivity contribution in [3.63, 3.8) is 0 Å². The number of nitrogens with one attached hydrogen (secondary N) is 1. The highest BCUT2D eigenvalue weighted by Crippen LogP contribution is 2.41. The molecule has 208 valence electrons. The van der Waals surface area contributed by atoms with E-state index in [2.05, 4.69) is 52.7 Å². The Labute approximate surface area is 233 Å². The Kier molecular flexibility index (Phi) is 7.30. The maximum atomic E-state index is 5.60. The number of aryl methyl sites for hydroxylation is 1. The van der Waals surface area contributed by atoms with Crippen LogP contribution in [-0.4, -0.2) is 87.2 Å². The van der Waals surface area contributed by atoms with Crippen LogP contribution in [0.15, 0.2) is 18.6 Å². The number of nitrogens with zero attached hydrogens (tertiary/aromatic N) is 7. The molecule has 2 fully saturated rings. The van der Waals surface area contributed by atoms with Gasteiger partial charge in [-0.3, -0.25) is 10.00 Å². The van der Waals surface area contributed by atoms with Gasteiger partial charge in [0.1, 0.15) is 16.3 Å². The number of thiazole rings is 1. The van der Waals surface area contributed by atoms with Crippen molar-refractivity contribution in [2.45, 2.75) is 52.5 Å².